The van der Waals surface area contributed by atoms with E-state index in [2.05, 4.69) is 22.9 Å². The highest BCUT2D eigenvalue weighted by atomic mass is 16.6. The first-order valence-electron chi connectivity index (χ1n) is 9.96. The number of nitro benzene ring substituents is 1. The van der Waals surface area contributed by atoms with Crippen LogP contribution >= 0.6 is 0 Å². The van der Waals surface area contributed by atoms with Crippen LogP contribution < -0.4 is 20.7 Å². The first-order chi connectivity index (χ1) is 14.9. The number of nitrogens with zero attached hydrogens (tertiary/aromatic N) is 1. The molecule has 1 heterocycles. The molecule has 3 N–H and O–H groups in total. The molecule has 2 aromatic rings. The molecule has 0 saturated carbocycles. The van der Waals surface area contributed by atoms with E-state index in [9.17, 15) is 19.7 Å². The van der Waals surface area contributed by atoms with Gasteiger partial charge in [0.1, 0.15) is 5.75 Å². The summed E-state index contributed by atoms with van der Waals surface area (Å²) in [6.45, 7) is 4.37. The molecular weight excluding hydrogens is 400 g/mol. The monoisotopic (exact) mass is 424 g/mol. The van der Waals surface area contributed by atoms with Gasteiger partial charge in [-0.25, -0.2) is 4.79 Å². The van der Waals surface area contributed by atoms with E-state index in [-0.39, 0.29) is 5.69 Å². The standard InChI is InChI=1S/C22H24N4O5/c1-3-4-13-31-18-11-5-15(6-12-18)20-19(14(2)23-22(28)25-20)21(27)24-16-7-9-17(10-8-16)26(29)30/h5-12,20H,3-4,13H2,1-2H3,(H,24,27)(H2,23,25,28). The minimum atomic E-state index is -0.656. The van der Waals surface area contributed by atoms with E-state index in [1.54, 1.807) is 19.1 Å². The molecule has 9 heteroatoms. The van der Waals surface area contributed by atoms with Crippen molar-refractivity contribution in [1.82, 2.24) is 10.6 Å². The van der Waals surface area contributed by atoms with Gasteiger partial charge in [-0.15, -0.1) is 0 Å². The van der Waals surface area contributed by atoms with Gasteiger partial charge in [-0.05, 0) is 43.2 Å². The molecule has 162 valence electrons. The van der Waals surface area contributed by atoms with E-state index in [0.29, 0.717) is 23.6 Å². The molecule has 3 amide bonds. The van der Waals surface area contributed by atoms with E-state index in [1.165, 1.54) is 24.3 Å². The van der Waals surface area contributed by atoms with Crippen LogP contribution in [-0.2, 0) is 4.79 Å². The van der Waals surface area contributed by atoms with Crippen molar-refractivity contribution in [1.29, 1.82) is 0 Å². The Morgan fingerprint density at radius 1 is 1.16 bits per heavy atom. The van der Waals surface area contributed by atoms with Crippen molar-refractivity contribution in [3.8, 4) is 5.75 Å². The van der Waals surface area contributed by atoms with E-state index in [0.717, 1.165) is 24.2 Å². The fraction of sp³-hybridized carbons (Fsp3) is 0.273. The third-order valence-electron chi connectivity index (χ3n) is 4.83. The van der Waals surface area contributed by atoms with Crippen molar-refractivity contribution in [2.45, 2.75) is 32.7 Å². The van der Waals surface area contributed by atoms with Crippen LogP contribution in [0, 0.1) is 10.1 Å². The average molecular weight is 424 g/mol. The van der Waals surface area contributed by atoms with Crippen LogP contribution in [0.4, 0.5) is 16.2 Å². The van der Waals surface area contributed by atoms with Crippen molar-refractivity contribution in [3.05, 3.63) is 75.5 Å². The maximum Gasteiger partial charge on any atom is 0.319 e. The van der Waals surface area contributed by atoms with Crippen LogP contribution in [0.2, 0.25) is 0 Å². The van der Waals surface area contributed by atoms with Gasteiger partial charge in [-0.3, -0.25) is 14.9 Å². The van der Waals surface area contributed by atoms with Gasteiger partial charge >= 0.3 is 6.03 Å². The van der Waals surface area contributed by atoms with Crippen LogP contribution in [0.1, 0.15) is 38.3 Å². The zero-order valence-corrected chi connectivity index (χ0v) is 17.3. The molecule has 0 radical (unpaired) electrons. The predicted octanol–water partition coefficient (Wildman–Crippen LogP) is 4.04. The number of ether oxygens (including phenoxy) is 1. The fourth-order valence-corrected chi connectivity index (χ4v) is 3.20. The van der Waals surface area contributed by atoms with E-state index in [1.807, 2.05) is 12.1 Å². The third kappa shape index (κ3) is 5.39. The van der Waals surface area contributed by atoms with E-state index in [4.69, 9.17) is 4.74 Å². The number of urea groups is 1. The minimum absolute atomic E-state index is 0.0703. The molecule has 2 aromatic carbocycles. The van der Waals surface area contributed by atoms with Crippen molar-refractivity contribution < 1.29 is 19.2 Å². The van der Waals surface area contributed by atoms with Gasteiger partial charge in [-0.2, -0.15) is 0 Å². The van der Waals surface area contributed by atoms with Gasteiger partial charge in [0, 0.05) is 23.5 Å². The maximum atomic E-state index is 13.0. The summed E-state index contributed by atoms with van der Waals surface area (Å²) in [5, 5.41) is 18.9. The molecule has 0 saturated heterocycles. The van der Waals surface area contributed by atoms with Crippen LogP contribution in [0.25, 0.3) is 0 Å². The van der Waals surface area contributed by atoms with Gasteiger partial charge in [0.15, 0.2) is 0 Å². The Hall–Kier alpha value is -3.88. The summed E-state index contributed by atoms with van der Waals surface area (Å²) in [5.74, 6) is 0.294. The SMILES string of the molecule is CCCCOc1ccc(C2NC(=O)NC(C)=C2C(=O)Nc2ccc([N+](=O)[O-])cc2)cc1. The number of carbonyl (C=O) groups is 2. The summed E-state index contributed by atoms with van der Waals surface area (Å²) in [7, 11) is 0. The highest BCUT2D eigenvalue weighted by molar-refractivity contribution is 6.06. The van der Waals surface area contributed by atoms with Crippen molar-refractivity contribution in [2.75, 3.05) is 11.9 Å². The zero-order valence-electron chi connectivity index (χ0n) is 17.3. The number of non-ortho nitro benzene ring substituents is 1. The lowest BCUT2D eigenvalue weighted by molar-refractivity contribution is -0.384. The Labute approximate surface area is 179 Å². The number of amides is 3. The van der Waals surface area contributed by atoms with Crippen LogP contribution in [-0.4, -0.2) is 23.5 Å². The second kappa shape index (κ2) is 9.75. The van der Waals surface area contributed by atoms with Crippen molar-refractivity contribution >= 4 is 23.3 Å². The molecule has 31 heavy (non-hydrogen) atoms. The largest absolute Gasteiger partial charge is 0.494 e. The van der Waals surface area contributed by atoms with Crippen molar-refractivity contribution in [2.24, 2.45) is 0 Å². The van der Waals surface area contributed by atoms with E-state index < -0.39 is 22.9 Å². The summed E-state index contributed by atoms with van der Waals surface area (Å²) < 4.78 is 5.67. The molecule has 9 nitrogen and oxygen atoms in total. The number of unbranched alkanes of at least 4 members (excludes halogenated alkanes) is 1. The number of anilines is 1. The van der Waals surface area contributed by atoms with Crippen LogP contribution in [0.5, 0.6) is 5.75 Å². The number of hydrogen-bond donors (Lipinski definition) is 3. The third-order valence-corrected chi connectivity index (χ3v) is 4.83. The number of rotatable bonds is 8. The Bertz CT molecular complexity index is 1000. The Morgan fingerprint density at radius 3 is 2.45 bits per heavy atom. The molecule has 0 aromatic heterocycles. The van der Waals surface area contributed by atoms with Crippen molar-refractivity contribution in [3.63, 3.8) is 0 Å². The highest BCUT2D eigenvalue weighted by Gasteiger charge is 2.31. The Kier molecular flexibility index (Phi) is 6.86. The highest BCUT2D eigenvalue weighted by Crippen LogP contribution is 2.29. The Balaban J connectivity index is 1.80. The molecule has 3 rings (SSSR count). The topological polar surface area (TPSA) is 123 Å². The molecule has 1 unspecified atom stereocenters. The van der Waals surface area contributed by atoms with Gasteiger partial charge in [0.2, 0.25) is 0 Å². The molecule has 0 fully saturated rings. The number of allylic oxidation sites excluding steroid dienone is 1. The molecule has 1 aliphatic rings. The van der Waals surface area contributed by atoms with Gasteiger partial charge in [0.05, 0.1) is 23.1 Å². The Morgan fingerprint density at radius 2 is 1.84 bits per heavy atom. The minimum Gasteiger partial charge on any atom is -0.494 e. The summed E-state index contributed by atoms with van der Waals surface area (Å²) in [6, 6.07) is 11.7. The maximum absolute atomic E-state index is 13.0. The molecule has 0 bridgehead atoms. The van der Waals surface area contributed by atoms with Gasteiger partial charge < -0.3 is 20.7 Å². The lowest BCUT2D eigenvalue weighted by atomic mass is 9.94. The number of hydrogen-bond acceptors (Lipinski definition) is 5. The number of carbonyl (C=O) groups excluding carboxylic acids is 2. The molecule has 1 aliphatic heterocycles. The second-order valence-electron chi connectivity index (χ2n) is 7.10. The molecule has 0 spiro atoms. The number of benzene rings is 2. The van der Waals surface area contributed by atoms with Gasteiger partial charge in [0.25, 0.3) is 11.6 Å². The lowest BCUT2D eigenvalue weighted by Crippen LogP contribution is -2.45. The number of nitrogens with one attached hydrogen (secondary N) is 3. The fourth-order valence-electron chi connectivity index (χ4n) is 3.20. The normalized spacial score (nSPS) is 15.7. The predicted molar refractivity (Wildman–Crippen MR) is 116 cm³/mol. The summed E-state index contributed by atoms with van der Waals surface area (Å²) in [4.78, 5) is 35.4. The first kappa shape index (κ1) is 21.8. The van der Waals surface area contributed by atoms with Crippen LogP contribution in [0.3, 0.4) is 0 Å². The second-order valence-corrected chi connectivity index (χ2v) is 7.10. The van der Waals surface area contributed by atoms with Gasteiger partial charge in [-0.1, -0.05) is 25.5 Å². The summed E-state index contributed by atoms with van der Waals surface area (Å²) >= 11 is 0. The number of nitro groups is 1. The molecule has 1 atom stereocenters. The van der Waals surface area contributed by atoms with Crippen LogP contribution in [0.15, 0.2) is 59.8 Å². The molecular formula is C22H24N4O5. The smallest absolute Gasteiger partial charge is 0.319 e. The molecule has 0 aliphatic carbocycles. The zero-order chi connectivity index (χ0) is 22.4. The average Bonchev–Trinajstić information content (AvgIpc) is 2.74. The first-order valence-corrected chi connectivity index (χ1v) is 9.96. The lowest BCUT2D eigenvalue weighted by Gasteiger charge is -2.28. The quantitative estimate of drug-likeness (QED) is 0.335. The summed E-state index contributed by atoms with van der Waals surface area (Å²) in [6.07, 6.45) is 2.00. The summed E-state index contributed by atoms with van der Waals surface area (Å²) in [5.41, 5.74) is 1.84. The van der Waals surface area contributed by atoms with E-state index >= 15 is 0 Å².